The molecule has 0 bridgehead atoms. The molecular weight excluding hydrogens is 434 g/mol. The summed E-state index contributed by atoms with van der Waals surface area (Å²) in [6.45, 7) is 4.56. The Morgan fingerprint density at radius 2 is 1.46 bits per heavy atom. The van der Waals surface area contributed by atoms with Crippen molar-refractivity contribution < 1.29 is 9.59 Å². The van der Waals surface area contributed by atoms with Gasteiger partial charge in [0, 0.05) is 39.8 Å². The molecule has 0 unspecified atom stereocenters. The highest BCUT2D eigenvalue weighted by Crippen LogP contribution is 2.30. The third-order valence-corrected chi connectivity index (χ3v) is 8.08. The number of H-pyrrole nitrogens is 1. The average Bonchev–Trinajstić information content (AvgIpc) is 3.30. The molecule has 2 aromatic carbocycles. The van der Waals surface area contributed by atoms with Crippen molar-refractivity contribution >= 4 is 28.4 Å². The fraction of sp³-hybridized carbons (Fsp3) is 0.467. The van der Waals surface area contributed by atoms with Crippen LogP contribution >= 0.6 is 0 Å². The van der Waals surface area contributed by atoms with Crippen LogP contribution in [0, 0.1) is 17.8 Å². The highest BCUT2D eigenvalue weighted by Gasteiger charge is 2.24. The van der Waals surface area contributed by atoms with Gasteiger partial charge >= 0.3 is 0 Å². The van der Waals surface area contributed by atoms with E-state index in [1.54, 1.807) is 0 Å². The van der Waals surface area contributed by atoms with E-state index in [0.29, 0.717) is 5.56 Å². The van der Waals surface area contributed by atoms with Gasteiger partial charge in [-0.3, -0.25) is 9.59 Å². The highest BCUT2D eigenvalue weighted by molar-refractivity contribution is 5.99. The summed E-state index contributed by atoms with van der Waals surface area (Å²) in [5.74, 6) is 1.79. The zero-order chi connectivity index (χ0) is 24.4. The van der Waals surface area contributed by atoms with Crippen molar-refractivity contribution in [3.8, 4) is 11.3 Å². The number of benzene rings is 2. The van der Waals surface area contributed by atoms with Gasteiger partial charge in [0.15, 0.2) is 0 Å². The lowest BCUT2D eigenvalue weighted by Gasteiger charge is -2.26. The second kappa shape index (κ2) is 10.3. The number of rotatable bonds is 5. The van der Waals surface area contributed by atoms with E-state index in [2.05, 4.69) is 35.5 Å². The van der Waals surface area contributed by atoms with Gasteiger partial charge in [-0.25, -0.2) is 0 Å². The molecule has 0 saturated heterocycles. The highest BCUT2D eigenvalue weighted by atomic mass is 16.2. The summed E-state index contributed by atoms with van der Waals surface area (Å²) in [5, 5.41) is 7.34. The smallest absolute Gasteiger partial charge is 0.251 e. The first-order valence-electron chi connectivity index (χ1n) is 13.3. The maximum Gasteiger partial charge on any atom is 0.251 e. The molecule has 2 saturated carbocycles. The Hall–Kier alpha value is -3.08. The van der Waals surface area contributed by atoms with Gasteiger partial charge in [-0.2, -0.15) is 0 Å². The van der Waals surface area contributed by atoms with Crippen molar-refractivity contribution in [2.75, 3.05) is 5.32 Å². The zero-order valence-corrected chi connectivity index (χ0v) is 20.9. The van der Waals surface area contributed by atoms with E-state index in [1.807, 2.05) is 42.5 Å². The molecular formula is C30H37N3O2. The number of carbonyl (C=O) groups is 2. The molecule has 3 aromatic rings. The SMILES string of the molecule is CC1CCC(NC(=O)c2ccc3[nH]c(-c4ccc(NC(=O)C5CCC(C)CC5)cc4)cc3c2)CC1. The molecule has 0 radical (unpaired) electrons. The molecule has 184 valence electrons. The van der Waals surface area contributed by atoms with Crippen molar-refractivity contribution in [2.45, 2.75) is 71.3 Å². The fourth-order valence-corrected chi connectivity index (χ4v) is 5.60. The number of fused-ring (bicyclic) bond motifs is 1. The molecule has 35 heavy (non-hydrogen) atoms. The van der Waals surface area contributed by atoms with Gasteiger partial charge in [0.1, 0.15) is 0 Å². The zero-order valence-electron chi connectivity index (χ0n) is 20.9. The molecule has 2 fully saturated rings. The van der Waals surface area contributed by atoms with Crippen molar-refractivity contribution in [2.24, 2.45) is 17.8 Å². The number of hydrogen-bond donors (Lipinski definition) is 3. The molecule has 2 aliphatic rings. The van der Waals surface area contributed by atoms with E-state index >= 15 is 0 Å². The normalized spacial score (nSPS) is 24.7. The number of nitrogens with one attached hydrogen (secondary N) is 3. The van der Waals surface area contributed by atoms with Crippen molar-refractivity contribution in [1.29, 1.82) is 0 Å². The number of aromatic nitrogens is 1. The Bertz CT molecular complexity index is 1180. The largest absolute Gasteiger partial charge is 0.355 e. The summed E-state index contributed by atoms with van der Waals surface area (Å²) in [6, 6.07) is 16.2. The minimum atomic E-state index is 0.0155. The van der Waals surface area contributed by atoms with Crippen molar-refractivity contribution in [3.63, 3.8) is 0 Å². The minimum absolute atomic E-state index is 0.0155. The summed E-state index contributed by atoms with van der Waals surface area (Å²) in [7, 11) is 0. The van der Waals surface area contributed by atoms with E-state index in [9.17, 15) is 9.59 Å². The van der Waals surface area contributed by atoms with Crippen LogP contribution in [0.15, 0.2) is 48.5 Å². The van der Waals surface area contributed by atoms with Crippen molar-refractivity contribution in [3.05, 3.63) is 54.1 Å². The molecule has 0 spiro atoms. The van der Waals surface area contributed by atoms with Gasteiger partial charge in [0.05, 0.1) is 0 Å². The molecule has 0 aliphatic heterocycles. The van der Waals surface area contributed by atoms with Gasteiger partial charge in [0.2, 0.25) is 5.91 Å². The number of carbonyl (C=O) groups excluding carboxylic acids is 2. The van der Waals surface area contributed by atoms with Crippen LogP contribution in [-0.4, -0.2) is 22.8 Å². The lowest BCUT2D eigenvalue weighted by Crippen LogP contribution is -2.37. The van der Waals surface area contributed by atoms with Crippen LogP contribution in [-0.2, 0) is 4.79 Å². The van der Waals surface area contributed by atoms with E-state index in [-0.39, 0.29) is 23.8 Å². The predicted octanol–water partition coefficient (Wildman–Crippen LogP) is 6.91. The number of aromatic amines is 1. The van der Waals surface area contributed by atoms with Crippen LogP contribution in [0.5, 0.6) is 0 Å². The van der Waals surface area contributed by atoms with E-state index in [0.717, 1.165) is 78.2 Å². The van der Waals surface area contributed by atoms with E-state index in [1.165, 1.54) is 12.8 Å². The Labute approximate surface area is 208 Å². The van der Waals surface area contributed by atoms with Gasteiger partial charge in [-0.15, -0.1) is 0 Å². The van der Waals surface area contributed by atoms with Gasteiger partial charge in [-0.1, -0.05) is 26.0 Å². The first kappa shape index (κ1) is 23.7. The number of amides is 2. The summed E-state index contributed by atoms with van der Waals surface area (Å²) in [6.07, 6.45) is 8.77. The van der Waals surface area contributed by atoms with Crippen LogP contribution in [0.25, 0.3) is 22.2 Å². The quantitative estimate of drug-likeness (QED) is 0.378. The minimum Gasteiger partial charge on any atom is -0.355 e. The van der Waals surface area contributed by atoms with E-state index < -0.39 is 0 Å². The topological polar surface area (TPSA) is 74.0 Å². The molecule has 3 N–H and O–H groups in total. The lowest BCUT2D eigenvalue weighted by atomic mass is 9.82. The average molecular weight is 472 g/mol. The molecule has 5 heteroatoms. The molecule has 1 aromatic heterocycles. The first-order chi connectivity index (χ1) is 16.9. The van der Waals surface area contributed by atoms with Crippen LogP contribution < -0.4 is 10.6 Å². The van der Waals surface area contributed by atoms with Gasteiger partial charge < -0.3 is 15.6 Å². The number of anilines is 1. The summed E-state index contributed by atoms with van der Waals surface area (Å²) in [4.78, 5) is 28.9. The second-order valence-corrected chi connectivity index (χ2v) is 10.9. The lowest BCUT2D eigenvalue weighted by molar-refractivity contribution is -0.121. The monoisotopic (exact) mass is 471 g/mol. The Balaban J connectivity index is 1.23. The Morgan fingerprint density at radius 3 is 2.14 bits per heavy atom. The molecule has 2 amide bonds. The summed E-state index contributed by atoms with van der Waals surface area (Å²) >= 11 is 0. The predicted molar refractivity (Wildman–Crippen MR) is 142 cm³/mol. The molecule has 5 nitrogen and oxygen atoms in total. The standard InChI is InChI=1S/C30H37N3O2/c1-19-3-7-22(8-4-19)29(34)31-26-14-9-21(10-15-26)28-18-24-17-23(11-16-27(24)33-28)30(35)32-25-12-5-20(2)6-13-25/h9-11,14-20,22,25,33H,3-8,12-13H2,1-2H3,(H,31,34)(H,32,35). The van der Waals surface area contributed by atoms with Gasteiger partial charge in [-0.05, 0) is 105 Å². The second-order valence-electron chi connectivity index (χ2n) is 10.9. The molecule has 5 rings (SSSR count). The van der Waals surface area contributed by atoms with Crippen LogP contribution in [0.4, 0.5) is 5.69 Å². The molecule has 1 heterocycles. The molecule has 0 atom stereocenters. The third kappa shape index (κ3) is 5.61. The Morgan fingerprint density at radius 1 is 0.800 bits per heavy atom. The Kier molecular flexibility index (Phi) is 6.94. The third-order valence-electron chi connectivity index (χ3n) is 8.08. The van der Waals surface area contributed by atoms with E-state index in [4.69, 9.17) is 0 Å². The van der Waals surface area contributed by atoms with Crippen molar-refractivity contribution in [1.82, 2.24) is 10.3 Å². The maximum atomic E-state index is 12.8. The fourth-order valence-electron chi connectivity index (χ4n) is 5.60. The van der Waals surface area contributed by atoms with Gasteiger partial charge in [0.25, 0.3) is 5.91 Å². The van der Waals surface area contributed by atoms with Crippen LogP contribution in [0.2, 0.25) is 0 Å². The van der Waals surface area contributed by atoms with Crippen LogP contribution in [0.3, 0.4) is 0 Å². The van der Waals surface area contributed by atoms with Crippen LogP contribution in [0.1, 0.15) is 75.6 Å². The maximum absolute atomic E-state index is 12.8. The summed E-state index contributed by atoms with van der Waals surface area (Å²) < 4.78 is 0. The molecule has 2 aliphatic carbocycles. The summed E-state index contributed by atoms with van der Waals surface area (Å²) in [5.41, 5.74) is 4.60. The number of hydrogen-bond acceptors (Lipinski definition) is 2. The first-order valence-corrected chi connectivity index (χ1v) is 13.3.